The van der Waals surface area contributed by atoms with Crippen LogP contribution in [0.2, 0.25) is 0 Å². The molecule has 3 rings (SSSR count). The topological polar surface area (TPSA) is 71.8 Å². The van der Waals surface area contributed by atoms with E-state index >= 15 is 0 Å². The predicted molar refractivity (Wildman–Crippen MR) is 96.0 cm³/mol. The second-order valence-electron chi connectivity index (χ2n) is 6.09. The summed E-state index contributed by atoms with van der Waals surface area (Å²) < 4.78 is 28.0. The van der Waals surface area contributed by atoms with Gasteiger partial charge in [-0.25, -0.2) is 13.4 Å². The van der Waals surface area contributed by atoms with Gasteiger partial charge >= 0.3 is 0 Å². The number of hydrogen-bond acceptors (Lipinski definition) is 4. The summed E-state index contributed by atoms with van der Waals surface area (Å²) in [6.45, 7) is 3.83. The molecular weight excluding hydrogens is 338 g/mol. The Kier molecular flexibility index (Phi) is 4.45. The lowest BCUT2D eigenvalue weighted by Crippen LogP contribution is -2.28. The second kappa shape index (κ2) is 6.42. The minimum Gasteiger partial charge on any atom is -0.269 e. The Morgan fingerprint density at radius 1 is 1.04 bits per heavy atom. The third-order valence-corrected chi connectivity index (χ3v) is 5.81. The fraction of sp³-hybridized carbons (Fsp3) is 0.222. The molecule has 0 amide bonds. The van der Waals surface area contributed by atoms with Gasteiger partial charge in [-0.05, 0) is 43.7 Å². The molecule has 2 heterocycles. The average molecular weight is 357 g/mol. The molecule has 0 bridgehead atoms. The molecule has 0 aliphatic carbocycles. The Bertz CT molecular complexity index is 1090. The van der Waals surface area contributed by atoms with Crippen LogP contribution in [0.1, 0.15) is 16.8 Å². The lowest BCUT2D eigenvalue weighted by atomic mass is 10.2. The molecule has 0 fully saturated rings. The van der Waals surface area contributed by atoms with E-state index in [-0.39, 0.29) is 17.0 Å². The highest BCUT2D eigenvalue weighted by atomic mass is 32.2. The number of aryl methyl sites for hydroxylation is 2. The predicted octanol–water partition coefficient (Wildman–Crippen LogP) is 2.13. The lowest BCUT2D eigenvalue weighted by Gasteiger charge is -2.17. The van der Waals surface area contributed by atoms with E-state index in [0.717, 1.165) is 11.1 Å². The Hall–Kier alpha value is -2.51. The standard InChI is InChI=1S/C18H19N3O3S/c1-13-4-6-16(7-5-13)25(23,24)20(3)12-15-11-18(22)21-9-8-14(2)10-17(21)19-15/h4-11H,12H2,1-3H3. The van der Waals surface area contributed by atoms with E-state index in [0.29, 0.717) is 11.3 Å². The molecule has 1 aromatic carbocycles. The molecule has 7 heteroatoms. The van der Waals surface area contributed by atoms with Gasteiger partial charge in [0.25, 0.3) is 5.56 Å². The molecule has 130 valence electrons. The number of pyridine rings is 1. The van der Waals surface area contributed by atoms with Crippen LogP contribution in [0, 0.1) is 13.8 Å². The third kappa shape index (κ3) is 3.47. The van der Waals surface area contributed by atoms with Crippen molar-refractivity contribution in [2.45, 2.75) is 25.3 Å². The molecule has 0 unspecified atom stereocenters. The van der Waals surface area contributed by atoms with Gasteiger partial charge in [0.2, 0.25) is 10.0 Å². The maximum Gasteiger partial charge on any atom is 0.258 e. The summed E-state index contributed by atoms with van der Waals surface area (Å²) >= 11 is 0. The molecule has 0 saturated heterocycles. The number of hydrogen-bond donors (Lipinski definition) is 0. The van der Waals surface area contributed by atoms with E-state index in [1.165, 1.54) is 21.8 Å². The zero-order valence-corrected chi connectivity index (χ0v) is 15.1. The van der Waals surface area contributed by atoms with Crippen molar-refractivity contribution < 1.29 is 8.42 Å². The monoisotopic (exact) mass is 357 g/mol. The Labute approximate surface area is 146 Å². The molecule has 3 aromatic rings. The smallest absolute Gasteiger partial charge is 0.258 e. The average Bonchev–Trinajstić information content (AvgIpc) is 2.54. The minimum atomic E-state index is -3.64. The number of sulfonamides is 1. The first-order valence-corrected chi connectivity index (χ1v) is 9.23. The summed E-state index contributed by atoms with van der Waals surface area (Å²) in [4.78, 5) is 16.8. The summed E-state index contributed by atoms with van der Waals surface area (Å²) in [5.74, 6) is 0. The van der Waals surface area contributed by atoms with Gasteiger partial charge < -0.3 is 0 Å². The highest BCUT2D eigenvalue weighted by Crippen LogP contribution is 2.16. The zero-order valence-electron chi connectivity index (χ0n) is 14.3. The zero-order chi connectivity index (χ0) is 18.2. The number of benzene rings is 1. The first kappa shape index (κ1) is 17.3. The largest absolute Gasteiger partial charge is 0.269 e. The number of nitrogens with zero attached hydrogens (tertiary/aromatic N) is 3. The molecular formula is C18H19N3O3S. The molecule has 0 saturated carbocycles. The summed E-state index contributed by atoms with van der Waals surface area (Å²) in [5, 5.41) is 0. The molecule has 0 radical (unpaired) electrons. The van der Waals surface area contributed by atoms with Crippen molar-refractivity contribution in [2.24, 2.45) is 0 Å². The van der Waals surface area contributed by atoms with E-state index in [1.54, 1.807) is 36.5 Å². The number of aromatic nitrogens is 2. The van der Waals surface area contributed by atoms with Crippen LogP contribution in [0.5, 0.6) is 0 Å². The molecule has 2 aromatic heterocycles. The fourth-order valence-corrected chi connectivity index (χ4v) is 3.68. The van der Waals surface area contributed by atoms with E-state index in [9.17, 15) is 13.2 Å². The fourth-order valence-electron chi connectivity index (χ4n) is 2.54. The van der Waals surface area contributed by atoms with E-state index in [1.807, 2.05) is 19.9 Å². The molecule has 0 aliphatic heterocycles. The van der Waals surface area contributed by atoms with Crippen LogP contribution >= 0.6 is 0 Å². The van der Waals surface area contributed by atoms with Gasteiger partial charge in [0.05, 0.1) is 17.1 Å². The first-order chi connectivity index (χ1) is 11.8. The van der Waals surface area contributed by atoms with Crippen molar-refractivity contribution in [3.63, 3.8) is 0 Å². The van der Waals surface area contributed by atoms with E-state index in [4.69, 9.17) is 0 Å². The number of fused-ring (bicyclic) bond motifs is 1. The van der Waals surface area contributed by atoms with Gasteiger partial charge in [-0.2, -0.15) is 4.31 Å². The van der Waals surface area contributed by atoms with E-state index in [2.05, 4.69) is 4.98 Å². The van der Waals surface area contributed by atoms with Crippen molar-refractivity contribution in [3.05, 3.63) is 75.8 Å². The number of rotatable bonds is 4. The van der Waals surface area contributed by atoms with Crippen LogP contribution in [-0.4, -0.2) is 29.2 Å². The van der Waals surface area contributed by atoms with Crippen LogP contribution in [0.15, 0.2) is 58.4 Å². The Balaban J connectivity index is 1.95. The third-order valence-electron chi connectivity index (χ3n) is 3.99. The molecule has 0 N–H and O–H groups in total. The van der Waals surface area contributed by atoms with Gasteiger partial charge in [-0.15, -0.1) is 0 Å². The van der Waals surface area contributed by atoms with Gasteiger partial charge in [-0.1, -0.05) is 17.7 Å². The molecule has 0 atom stereocenters. The van der Waals surface area contributed by atoms with Crippen LogP contribution in [-0.2, 0) is 16.6 Å². The van der Waals surface area contributed by atoms with Crippen LogP contribution < -0.4 is 5.56 Å². The van der Waals surface area contributed by atoms with Gasteiger partial charge in [-0.3, -0.25) is 9.20 Å². The SMILES string of the molecule is Cc1ccc(S(=O)(=O)N(C)Cc2cc(=O)n3ccc(C)cc3n2)cc1. The minimum absolute atomic E-state index is 0.0237. The van der Waals surface area contributed by atoms with Crippen molar-refractivity contribution in [1.82, 2.24) is 13.7 Å². The van der Waals surface area contributed by atoms with Crippen molar-refractivity contribution in [3.8, 4) is 0 Å². The van der Waals surface area contributed by atoms with Crippen LogP contribution in [0.3, 0.4) is 0 Å². The van der Waals surface area contributed by atoms with Crippen LogP contribution in [0.4, 0.5) is 0 Å². The summed E-state index contributed by atoms with van der Waals surface area (Å²) in [5.41, 5.74) is 2.64. The Morgan fingerprint density at radius 2 is 1.72 bits per heavy atom. The summed E-state index contributed by atoms with van der Waals surface area (Å²) in [7, 11) is -2.16. The maximum absolute atomic E-state index is 12.7. The molecule has 0 aliphatic rings. The highest BCUT2D eigenvalue weighted by molar-refractivity contribution is 7.89. The normalized spacial score (nSPS) is 12.0. The molecule has 25 heavy (non-hydrogen) atoms. The second-order valence-corrected chi connectivity index (χ2v) is 8.14. The van der Waals surface area contributed by atoms with Crippen molar-refractivity contribution >= 4 is 15.7 Å². The molecule has 6 nitrogen and oxygen atoms in total. The quantitative estimate of drug-likeness (QED) is 0.717. The van der Waals surface area contributed by atoms with Crippen molar-refractivity contribution in [2.75, 3.05) is 7.05 Å². The van der Waals surface area contributed by atoms with Gasteiger partial charge in [0.1, 0.15) is 5.65 Å². The highest BCUT2D eigenvalue weighted by Gasteiger charge is 2.21. The van der Waals surface area contributed by atoms with Crippen molar-refractivity contribution in [1.29, 1.82) is 0 Å². The van der Waals surface area contributed by atoms with Gasteiger partial charge in [0, 0.05) is 19.3 Å². The van der Waals surface area contributed by atoms with E-state index < -0.39 is 10.0 Å². The van der Waals surface area contributed by atoms with Crippen LogP contribution in [0.25, 0.3) is 5.65 Å². The summed E-state index contributed by atoms with van der Waals surface area (Å²) in [6, 6.07) is 11.6. The lowest BCUT2D eigenvalue weighted by molar-refractivity contribution is 0.462. The molecule has 0 spiro atoms. The van der Waals surface area contributed by atoms with Gasteiger partial charge in [0.15, 0.2) is 0 Å². The first-order valence-electron chi connectivity index (χ1n) is 7.79. The summed E-state index contributed by atoms with van der Waals surface area (Å²) in [6.07, 6.45) is 1.66. The maximum atomic E-state index is 12.7. The Morgan fingerprint density at radius 3 is 2.40 bits per heavy atom.